The minimum absolute atomic E-state index is 0.0537. The second kappa shape index (κ2) is 4.33. The number of amides is 1. The first-order chi connectivity index (χ1) is 10.1. The van der Waals surface area contributed by atoms with Gasteiger partial charge in [0.05, 0.1) is 5.54 Å². The lowest BCUT2D eigenvalue weighted by Crippen LogP contribution is -2.49. The van der Waals surface area contributed by atoms with Gasteiger partial charge in [0.25, 0.3) is 0 Å². The van der Waals surface area contributed by atoms with E-state index in [0.29, 0.717) is 36.6 Å². The van der Waals surface area contributed by atoms with Crippen LogP contribution in [0.4, 0.5) is 0 Å². The zero-order valence-electron chi connectivity index (χ0n) is 12.9. The van der Waals surface area contributed by atoms with Gasteiger partial charge in [-0.3, -0.25) is 4.79 Å². The van der Waals surface area contributed by atoms with Crippen molar-refractivity contribution in [2.75, 3.05) is 13.1 Å². The fraction of sp³-hybridized carbons (Fsp3) is 0.611. The maximum absolute atomic E-state index is 12.5. The van der Waals surface area contributed by atoms with Crippen LogP contribution in [0.2, 0.25) is 0 Å². The molecule has 3 nitrogen and oxygen atoms in total. The zero-order chi connectivity index (χ0) is 14.8. The highest BCUT2D eigenvalue weighted by molar-refractivity contribution is 5.82. The highest BCUT2D eigenvalue weighted by Crippen LogP contribution is 2.60. The Balaban J connectivity index is 1.91. The van der Waals surface area contributed by atoms with E-state index in [1.807, 2.05) is 0 Å². The highest BCUT2D eigenvalue weighted by Gasteiger charge is 2.62. The van der Waals surface area contributed by atoms with Gasteiger partial charge in [-0.15, -0.1) is 0 Å². The predicted molar refractivity (Wildman–Crippen MR) is 82.7 cm³/mol. The van der Waals surface area contributed by atoms with Crippen LogP contribution >= 0.6 is 0 Å². The molecule has 1 aromatic rings. The van der Waals surface area contributed by atoms with Crippen molar-refractivity contribution in [3.63, 3.8) is 0 Å². The van der Waals surface area contributed by atoms with Crippen LogP contribution in [0.3, 0.4) is 0 Å². The summed E-state index contributed by atoms with van der Waals surface area (Å²) in [5.74, 6) is 1.83. The molecule has 3 heteroatoms. The Hall–Kier alpha value is -1.35. The minimum atomic E-state index is -0.0537. The van der Waals surface area contributed by atoms with E-state index in [1.54, 1.807) is 0 Å². The summed E-state index contributed by atoms with van der Waals surface area (Å²) in [6, 6.07) is 6.81. The molecule has 1 spiro atoms. The van der Waals surface area contributed by atoms with Crippen LogP contribution in [0.1, 0.15) is 36.5 Å². The molecule has 2 N–H and O–H groups in total. The molecule has 21 heavy (non-hydrogen) atoms. The monoisotopic (exact) mass is 284 g/mol. The number of nitrogens with zero attached hydrogens (tertiary/aromatic N) is 1. The summed E-state index contributed by atoms with van der Waals surface area (Å²) < 4.78 is 0. The lowest BCUT2D eigenvalue weighted by atomic mass is 9.74. The van der Waals surface area contributed by atoms with Crippen LogP contribution < -0.4 is 5.73 Å². The molecular formula is C18H24N2O. The molecule has 4 atom stereocenters. The first-order valence-corrected chi connectivity index (χ1v) is 8.18. The highest BCUT2D eigenvalue weighted by atomic mass is 16.2. The van der Waals surface area contributed by atoms with Crippen LogP contribution in [-0.2, 0) is 16.8 Å². The number of nitrogens with two attached hydrogens (primary N) is 1. The molecule has 0 radical (unpaired) electrons. The van der Waals surface area contributed by atoms with Gasteiger partial charge in [-0.2, -0.15) is 0 Å². The Morgan fingerprint density at radius 1 is 1.43 bits per heavy atom. The fourth-order valence-electron chi connectivity index (χ4n) is 5.46. The first kappa shape index (κ1) is 13.3. The number of hydrogen-bond donors (Lipinski definition) is 1. The number of hydrogen-bond acceptors (Lipinski definition) is 2. The molecule has 1 saturated carbocycles. The van der Waals surface area contributed by atoms with Crippen molar-refractivity contribution >= 4 is 5.91 Å². The van der Waals surface area contributed by atoms with E-state index >= 15 is 0 Å². The standard InChI is InChI=1S/C18H24N2O/c1-11-3-4-15-13(7-11)5-6-20-17(21)8-16-14(10-19)12(2)9-18(15,16)20/h3-4,7,12,14,16H,5-6,8-10,19H2,1-2H3/t12-,14+,16-,18?/m0/s1. The van der Waals surface area contributed by atoms with Crippen LogP contribution in [0.25, 0.3) is 0 Å². The number of carbonyl (C=O) groups excluding carboxylic acids is 1. The van der Waals surface area contributed by atoms with E-state index < -0.39 is 0 Å². The number of carbonyl (C=O) groups is 1. The Morgan fingerprint density at radius 3 is 3.00 bits per heavy atom. The lowest BCUT2D eigenvalue weighted by Gasteiger charge is -2.45. The Kier molecular flexibility index (Phi) is 2.74. The molecule has 1 saturated heterocycles. The molecule has 1 amide bonds. The molecule has 0 bridgehead atoms. The average Bonchev–Trinajstić information content (AvgIpc) is 2.86. The summed E-state index contributed by atoms with van der Waals surface area (Å²) in [7, 11) is 0. The summed E-state index contributed by atoms with van der Waals surface area (Å²) in [6.45, 7) is 6.06. The normalized spacial score (nSPS) is 37.4. The van der Waals surface area contributed by atoms with Crippen molar-refractivity contribution in [2.45, 2.75) is 38.6 Å². The van der Waals surface area contributed by atoms with E-state index in [-0.39, 0.29) is 5.54 Å². The molecule has 0 aromatic heterocycles. The molecule has 1 unspecified atom stereocenters. The minimum Gasteiger partial charge on any atom is -0.332 e. The first-order valence-electron chi connectivity index (χ1n) is 8.18. The molecule has 4 rings (SSSR count). The molecule has 2 heterocycles. The molecule has 112 valence electrons. The van der Waals surface area contributed by atoms with Crippen molar-refractivity contribution in [1.82, 2.24) is 4.90 Å². The van der Waals surface area contributed by atoms with Crippen molar-refractivity contribution in [3.8, 4) is 0 Å². The largest absolute Gasteiger partial charge is 0.332 e. The van der Waals surface area contributed by atoms with E-state index in [9.17, 15) is 4.79 Å². The third-order valence-corrected chi connectivity index (χ3v) is 6.28. The second-order valence-electron chi connectivity index (χ2n) is 7.27. The van der Waals surface area contributed by atoms with E-state index in [2.05, 4.69) is 36.9 Å². The van der Waals surface area contributed by atoms with Gasteiger partial charge < -0.3 is 10.6 Å². The Morgan fingerprint density at radius 2 is 2.24 bits per heavy atom. The summed E-state index contributed by atoms with van der Waals surface area (Å²) >= 11 is 0. The fourth-order valence-corrected chi connectivity index (χ4v) is 5.46. The number of benzene rings is 1. The third-order valence-electron chi connectivity index (χ3n) is 6.28. The van der Waals surface area contributed by atoms with E-state index in [4.69, 9.17) is 5.73 Å². The predicted octanol–water partition coefficient (Wildman–Crippen LogP) is 2.21. The zero-order valence-corrected chi connectivity index (χ0v) is 12.9. The van der Waals surface area contributed by atoms with Gasteiger partial charge in [0.2, 0.25) is 5.91 Å². The summed E-state index contributed by atoms with van der Waals surface area (Å²) in [5, 5.41) is 0. The molecular weight excluding hydrogens is 260 g/mol. The summed E-state index contributed by atoms with van der Waals surface area (Å²) in [6.07, 6.45) is 2.78. The maximum Gasteiger partial charge on any atom is 0.223 e. The van der Waals surface area contributed by atoms with Crippen molar-refractivity contribution < 1.29 is 4.79 Å². The molecule has 2 aliphatic heterocycles. The Bertz CT molecular complexity index is 611. The van der Waals surface area contributed by atoms with Gasteiger partial charge >= 0.3 is 0 Å². The quantitative estimate of drug-likeness (QED) is 0.859. The topological polar surface area (TPSA) is 46.3 Å². The van der Waals surface area contributed by atoms with Crippen LogP contribution in [0.5, 0.6) is 0 Å². The van der Waals surface area contributed by atoms with Crippen molar-refractivity contribution in [3.05, 3.63) is 34.9 Å². The van der Waals surface area contributed by atoms with Gasteiger partial charge in [-0.1, -0.05) is 30.7 Å². The van der Waals surface area contributed by atoms with Gasteiger partial charge in [0.15, 0.2) is 0 Å². The third kappa shape index (κ3) is 1.56. The summed E-state index contributed by atoms with van der Waals surface area (Å²) in [4.78, 5) is 14.7. The van der Waals surface area contributed by atoms with E-state index in [1.165, 1.54) is 16.7 Å². The van der Waals surface area contributed by atoms with Gasteiger partial charge in [0.1, 0.15) is 0 Å². The lowest BCUT2D eigenvalue weighted by molar-refractivity contribution is -0.132. The van der Waals surface area contributed by atoms with Crippen molar-refractivity contribution in [1.29, 1.82) is 0 Å². The molecule has 3 aliphatic rings. The van der Waals surface area contributed by atoms with Gasteiger partial charge in [0, 0.05) is 13.0 Å². The maximum atomic E-state index is 12.5. The second-order valence-corrected chi connectivity index (χ2v) is 7.27. The number of fused-ring (bicyclic) bond motifs is 1. The molecule has 1 aliphatic carbocycles. The molecule has 2 fully saturated rings. The number of rotatable bonds is 1. The SMILES string of the molecule is Cc1ccc2c(c1)CCN1C(=O)C[C@H]3[C@H](CN)[C@@H](C)CC231. The van der Waals surface area contributed by atoms with Gasteiger partial charge in [-0.05, 0) is 55.2 Å². The average molecular weight is 284 g/mol. The number of aryl methyl sites for hydroxylation is 1. The van der Waals surface area contributed by atoms with Crippen molar-refractivity contribution in [2.24, 2.45) is 23.5 Å². The van der Waals surface area contributed by atoms with Gasteiger partial charge in [-0.25, -0.2) is 0 Å². The Labute approximate surface area is 126 Å². The van der Waals surface area contributed by atoms with Crippen LogP contribution in [0.15, 0.2) is 18.2 Å². The van der Waals surface area contributed by atoms with Crippen LogP contribution in [0, 0.1) is 24.7 Å². The van der Waals surface area contributed by atoms with E-state index in [0.717, 1.165) is 19.4 Å². The summed E-state index contributed by atoms with van der Waals surface area (Å²) in [5.41, 5.74) is 10.2. The smallest absolute Gasteiger partial charge is 0.223 e. The van der Waals surface area contributed by atoms with Crippen LogP contribution in [-0.4, -0.2) is 23.9 Å². The molecule has 1 aromatic carbocycles.